The fourth-order valence-corrected chi connectivity index (χ4v) is 3.95. The molecular weight excluding hydrogens is 280 g/mol. The highest BCUT2D eigenvalue weighted by Gasteiger charge is 2.28. The predicted octanol–water partition coefficient (Wildman–Crippen LogP) is 3.89. The summed E-state index contributed by atoms with van der Waals surface area (Å²) >= 11 is 6.20. The van der Waals surface area contributed by atoms with Crippen molar-refractivity contribution in [3.8, 4) is 0 Å². The van der Waals surface area contributed by atoms with Crippen LogP contribution in [-0.4, -0.2) is 25.0 Å². The molecular formula is C18H19ClN2. The van der Waals surface area contributed by atoms with Crippen LogP contribution >= 0.6 is 11.6 Å². The fraction of sp³-hybridized carbons (Fsp3) is 0.333. The van der Waals surface area contributed by atoms with Gasteiger partial charge in [0, 0.05) is 36.3 Å². The van der Waals surface area contributed by atoms with Gasteiger partial charge in [-0.2, -0.15) is 0 Å². The van der Waals surface area contributed by atoms with Gasteiger partial charge in [-0.15, -0.1) is 0 Å². The van der Waals surface area contributed by atoms with Crippen molar-refractivity contribution in [3.05, 3.63) is 63.7 Å². The quantitative estimate of drug-likeness (QED) is 0.859. The molecule has 0 bridgehead atoms. The highest BCUT2D eigenvalue weighted by Crippen LogP contribution is 2.39. The second-order valence-corrected chi connectivity index (χ2v) is 6.58. The van der Waals surface area contributed by atoms with Gasteiger partial charge >= 0.3 is 0 Å². The fourth-order valence-electron chi connectivity index (χ4n) is 3.75. The molecule has 0 amide bonds. The molecule has 0 radical (unpaired) electrons. The van der Waals surface area contributed by atoms with Crippen LogP contribution in [0.3, 0.4) is 0 Å². The van der Waals surface area contributed by atoms with Gasteiger partial charge in [-0.25, -0.2) is 0 Å². The van der Waals surface area contributed by atoms with Crippen molar-refractivity contribution in [2.75, 3.05) is 25.5 Å². The van der Waals surface area contributed by atoms with E-state index in [0.29, 0.717) is 5.92 Å². The molecule has 0 saturated heterocycles. The lowest BCUT2D eigenvalue weighted by Gasteiger charge is -2.34. The van der Waals surface area contributed by atoms with E-state index in [9.17, 15) is 0 Å². The summed E-state index contributed by atoms with van der Waals surface area (Å²) in [6, 6.07) is 12.9. The normalized spacial score (nSPS) is 20.8. The summed E-state index contributed by atoms with van der Waals surface area (Å²) < 4.78 is 0. The SMILES string of the molecule is CN1Cc2c(ccc3c2CCN3)C(c2cccc(Cl)c2)C1. The summed E-state index contributed by atoms with van der Waals surface area (Å²) in [7, 11) is 2.21. The molecule has 1 unspecified atom stereocenters. The maximum atomic E-state index is 6.20. The Morgan fingerprint density at radius 2 is 2.10 bits per heavy atom. The molecule has 2 aromatic carbocycles. The van der Waals surface area contributed by atoms with E-state index in [1.807, 2.05) is 6.07 Å². The minimum atomic E-state index is 0.420. The molecule has 0 fully saturated rings. The van der Waals surface area contributed by atoms with Crippen molar-refractivity contribution >= 4 is 17.3 Å². The molecule has 21 heavy (non-hydrogen) atoms. The monoisotopic (exact) mass is 298 g/mol. The largest absolute Gasteiger partial charge is 0.384 e. The van der Waals surface area contributed by atoms with Gasteiger partial charge in [-0.1, -0.05) is 29.8 Å². The third kappa shape index (κ3) is 2.23. The number of benzene rings is 2. The van der Waals surface area contributed by atoms with Crippen LogP contribution in [0.25, 0.3) is 0 Å². The summed E-state index contributed by atoms with van der Waals surface area (Å²) in [4.78, 5) is 2.42. The van der Waals surface area contributed by atoms with Crippen LogP contribution < -0.4 is 5.32 Å². The van der Waals surface area contributed by atoms with E-state index >= 15 is 0 Å². The van der Waals surface area contributed by atoms with Crippen molar-refractivity contribution in [3.63, 3.8) is 0 Å². The molecule has 0 aromatic heterocycles. The molecule has 2 aliphatic heterocycles. The van der Waals surface area contributed by atoms with Crippen LogP contribution in [0.4, 0.5) is 5.69 Å². The Morgan fingerprint density at radius 1 is 1.19 bits per heavy atom. The minimum absolute atomic E-state index is 0.420. The number of fused-ring (bicyclic) bond motifs is 3. The zero-order valence-corrected chi connectivity index (χ0v) is 13.0. The van der Waals surface area contributed by atoms with Crippen molar-refractivity contribution in [2.24, 2.45) is 0 Å². The molecule has 0 saturated carbocycles. The summed E-state index contributed by atoms with van der Waals surface area (Å²) in [5.74, 6) is 0.420. The molecule has 3 heteroatoms. The maximum Gasteiger partial charge on any atom is 0.0408 e. The number of nitrogens with one attached hydrogen (secondary N) is 1. The average Bonchev–Trinajstić information content (AvgIpc) is 2.95. The predicted molar refractivity (Wildman–Crippen MR) is 88.3 cm³/mol. The Kier molecular flexibility index (Phi) is 3.16. The van der Waals surface area contributed by atoms with E-state index in [1.54, 1.807) is 0 Å². The van der Waals surface area contributed by atoms with Crippen LogP contribution in [0, 0.1) is 0 Å². The second kappa shape index (κ2) is 5.04. The zero-order chi connectivity index (χ0) is 14.4. The van der Waals surface area contributed by atoms with Crippen LogP contribution in [0.5, 0.6) is 0 Å². The first-order valence-electron chi connectivity index (χ1n) is 7.55. The molecule has 108 valence electrons. The van der Waals surface area contributed by atoms with E-state index in [0.717, 1.165) is 31.1 Å². The smallest absolute Gasteiger partial charge is 0.0408 e. The Bertz CT molecular complexity index is 696. The highest BCUT2D eigenvalue weighted by molar-refractivity contribution is 6.30. The third-order valence-corrected chi connectivity index (χ3v) is 4.94. The average molecular weight is 299 g/mol. The van der Waals surface area contributed by atoms with Crippen LogP contribution in [0.2, 0.25) is 5.02 Å². The molecule has 0 spiro atoms. The van der Waals surface area contributed by atoms with Gasteiger partial charge in [0.15, 0.2) is 0 Å². The first-order chi connectivity index (χ1) is 10.2. The van der Waals surface area contributed by atoms with Crippen LogP contribution in [-0.2, 0) is 13.0 Å². The van der Waals surface area contributed by atoms with Crippen molar-refractivity contribution in [1.29, 1.82) is 0 Å². The summed E-state index contributed by atoms with van der Waals surface area (Å²) in [6.07, 6.45) is 1.15. The number of likely N-dealkylation sites (N-methyl/N-ethyl adjacent to an activating group) is 1. The van der Waals surface area contributed by atoms with Gasteiger partial charge in [-0.3, -0.25) is 0 Å². The highest BCUT2D eigenvalue weighted by atomic mass is 35.5. The first kappa shape index (κ1) is 13.2. The molecule has 2 nitrogen and oxygen atoms in total. The molecule has 4 rings (SSSR count). The van der Waals surface area contributed by atoms with Gasteiger partial charge in [0.05, 0.1) is 0 Å². The van der Waals surface area contributed by atoms with E-state index in [1.165, 1.54) is 27.9 Å². The zero-order valence-electron chi connectivity index (χ0n) is 12.2. The Labute approximate surface area is 130 Å². The number of anilines is 1. The number of halogens is 1. The Morgan fingerprint density at radius 3 is 2.95 bits per heavy atom. The van der Waals surface area contributed by atoms with E-state index < -0.39 is 0 Å². The minimum Gasteiger partial charge on any atom is -0.384 e. The van der Waals surface area contributed by atoms with E-state index in [-0.39, 0.29) is 0 Å². The standard InChI is InChI=1S/C18H19ClN2/c1-21-10-16(12-3-2-4-13(19)9-12)14-5-6-18-15(7-8-20-18)17(14)11-21/h2-6,9,16,20H,7-8,10-11H2,1H3. The van der Waals surface area contributed by atoms with Gasteiger partial charge in [0.1, 0.15) is 0 Å². The lowest BCUT2D eigenvalue weighted by atomic mass is 9.82. The topological polar surface area (TPSA) is 15.3 Å². The molecule has 0 aliphatic carbocycles. The van der Waals surface area contributed by atoms with Gasteiger partial charge in [0.2, 0.25) is 0 Å². The van der Waals surface area contributed by atoms with Gasteiger partial charge < -0.3 is 10.2 Å². The lowest BCUT2D eigenvalue weighted by molar-refractivity contribution is 0.294. The van der Waals surface area contributed by atoms with Crippen molar-refractivity contribution in [1.82, 2.24) is 4.90 Å². The summed E-state index contributed by atoms with van der Waals surface area (Å²) in [5, 5.41) is 4.31. The number of nitrogens with zero attached hydrogens (tertiary/aromatic N) is 1. The first-order valence-corrected chi connectivity index (χ1v) is 7.92. The third-order valence-electron chi connectivity index (χ3n) is 4.71. The Hall–Kier alpha value is -1.51. The number of hydrogen-bond donors (Lipinski definition) is 1. The maximum absolute atomic E-state index is 6.20. The molecule has 1 atom stereocenters. The number of hydrogen-bond acceptors (Lipinski definition) is 2. The second-order valence-electron chi connectivity index (χ2n) is 6.14. The van der Waals surface area contributed by atoms with Gasteiger partial charge in [0.25, 0.3) is 0 Å². The van der Waals surface area contributed by atoms with Crippen LogP contribution in [0.15, 0.2) is 36.4 Å². The Balaban J connectivity index is 1.85. The van der Waals surface area contributed by atoms with Gasteiger partial charge in [-0.05, 0) is 53.9 Å². The number of rotatable bonds is 1. The van der Waals surface area contributed by atoms with Crippen molar-refractivity contribution < 1.29 is 0 Å². The molecule has 2 aromatic rings. The molecule has 1 N–H and O–H groups in total. The van der Waals surface area contributed by atoms with Crippen molar-refractivity contribution in [2.45, 2.75) is 18.9 Å². The van der Waals surface area contributed by atoms with E-state index in [4.69, 9.17) is 11.6 Å². The molecule has 2 heterocycles. The van der Waals surface area contributed by atoms with E-state index in [2.05, 4.69) is 47.6 Å². The van der Waals surface area contributed by atoms with Crippen LogP contribution in [0.1, 0.15) is 28.2 Å². The lowest BCUT2D eigenvalue weighted by Crippen LogP contribution is -2.31. The summed E-state index contributed by atoms with van der Waals surface area (Å²) in [5.41, 5.74) is 7.18. The molecule has 2 aliphatic rings. The summed E-state index contributed by atoms with van der Waals surface area (Å²) in [6.45, 7) is 3.17.